The Kier molecular flexibility index (Phi) is 2.85. The van der Waals surface area contributed by atoms with Gasteiger partial charge in [0.05, 0.1) is 0 Å². The van der Waals surface area contributed by atoms with Gasteiger partial charge in [-0.3, -0.25) is 4.79 Å². The van der Waals surface area contributed by atoms with Crippen LogP contribution in [0.3, 0.4) is 0 Å². The Morgan fingerprint density at radius 3 is 3.13 bits per heavy atom. The molecule has 0 aliphatic carbocycles. The Morgan fingerprint density at radius 1 is 1.60 bits per heavy atom. The van der Waals surface area contributed by atoms with Crippen molar-refractivity contribution < 1.29 is 4.79 Å². The van der Waals surface area contributed by atoms with E-state index in [1.54, 1.807) is 13.2 Å². The highest BCUT2D eigenvalue weighted by molar-refractivity contribution is 5.85. The third-order valence-corrected chi connectivity index (χ3v) is 2.75. The summed E-state index contributed by atoms with van der Waals surface area (Å²) in [6, 6.07) is 5.72. The Bertz CT molecular complexity index is 339. The number of rotatable bonds is 2. The van der Waals surface area contributed by atoms with Gasteiger partial charge in [-0.2, -0.15) is 0 Å². The lowest BCUT2D eigenvalue weighted by Gasteiger charge is -2.23. The van der Waals surface area contributed by atoms with Crippen molar-refractivity contribution in [1.29, 1.82) is 0 Å². The molecule has 4 heteroatoms. The van der Waals surface area contributed by atoms with Crippen LogP contribution >= 0.6 is 0 Å². The average molecular weight is 205 g/mol. The molecule has 1 unspecified atom stereocenters. The van der Waals surface area contributed by atoms with E-state index in [9.17, 15) is 4.79 Å². The summed E-state index contributed by atoms with van der Waals surface area (Å²) in [7, 11) is 1.68. The van der Waals surface area contributed by atoms with E-state index in [1.807, 2.05) is 18.2 Å². The van der Waals surface area contributed by atoms with Crippen LogP contribution in [0.5, 0.6) is 0 Å². The van der Waals surface area contributed by atoms with Crippen molar-refractivity contribution in [3.05, 3.63) is 24.4 Å². The lowest BCUT2D eigenvalue weighted by atomic mass is 10.2. The van der Waals surface area contributed by atoms with Crippen molar-refractivity contribution in [2.75, 3.05) is 18.5 Å². The first-order valence-electron chi connectivity index (χ1n) is 5.22. The van der Waals surface area contributed by atoms with Gasteiger partial charge in [0, 0.05) is 19.8 Å². The maximum absolute atomic E-state index is 11.6. The van der Waals surface area contributed by atoms with E-state index in [0.29, 0.717) is 0 Å². The number of amides is 1. The summed E-state index contributed by atoms with van der Waals surface area (Å²) in [5, 5.41) is 2.70. The molecule has 0 saturated carbocycles. The van der Waals surface area contributed by atoms with Crippen LogP contribution in [0.1, 0.15) is 12.8 Å². The highest BCUT2D eigenvalue weighted by atomic mass is 16.2. The number of nitrogens with one attached hydrogen (secondary N) is 1. The zero-order chi connectivity index (χ0) is 10.7. The van der Waals surface area contributed by atoms with Crippen LogP contribution in [0.15, 0.2) is 24.4 Å². The maximum atomic E-state index is 11.6. The molecule has 1 amide bonds. The number of hydrogen-bond donors (Lipinski definition) is 1. The van der Waals surface area contributed by atoms with Gasteiger partial charge in [0.25, 0.3) is 0 Å². The van der Waals surface area contributed by atoms with E-state index in [-0.39, 0.29) is 11.9 Å². The van der Waals surface area contributed by atoms with E-state index in [0.717, 1.165) is 25.2 Å². The summed E-state index contributed by atoms with van der Waals surface area (Å²) in [5.41, 5.74) is 0. The molecule has 1 atom stereocenters. The number of carbonyl (C=O) groups is 1. The van der Waals surface area contributed by atoms with Gasteiger partial charge in [0.15, 0.2) is 0 Å². The molecule has 2 rings (SSSR count). The first kappa shape index (κ1) is 9.96. The largest absolute Gasteiger partial charge is 0.357 e. The minimum Gasteiger partial charge on any atom is -0.357 e. The lowest BCUT2D eigenvalue weighted by molar-refractivity contribution is -0.121. The maximum Gasteiger partial charge on any atom is 0.242 e. The van der Waals surface area contributed by atoms with Crippen molar-refractivity contribution in [1.82, 2.24) is 10.3 Å². The monoisotopic (exact) mass is 205 g/mol. The van der Waals surface area contributed by atoms with Crippen molar-refractivity contribution in [2.45, 2.75) is 18.9 Å². The Morgan fingerprint density at radius 2 is 2.47 bits per heavy atom. The summed E-state index contributed by atoms with van der Waals surface area (Å²) in [6.45, 7) is 0.912. The SMILES string of the molecule is CNC(=O)C1CCCN1c1ccccn1. The molecule has 1 fully saturated rings. The fourth-order valence-corrected chi connectivity index (χ4v) is 2.00. The van der Waals surface area contributed by atoms with Crippen LogP contribution in [0.25, 0.3) is 0 Å². The van der Waals surface area contributed by atoms with Crippen LogP contribution in [-0.2, 0) is 4.79 Å². The molecule has 1 aliphatic heterocycles. The highest BCUT2D eigenvalue weighted by Gasteiger charge is 2.30. The number of hydrogen-bond acceptors (Lipinski definition) is 3. The smallest absolute Gasteiger partial charge is 0.242 e. The Hall–Kier alpha value is -1.58. The fourth-order valence-electron chi connectivity index (χ4n) is 2.00. The minimum absolute atomic E-state index is 0.0510. The summed E-state index contributed by atoms with van der Waals surface area (Å²) in [5.74, 6) is 0.974. The third-order valence-electron chi connectivity index (χ3n) is 2.75. The first-order valence-corrected chi connectivity index (χ1v) is 5.22. The van der Waals surface area contributed by atoms with Gasteiger partial charge in [-0.15, -0.1) is 0 Å². The number of nitrogens with zero attached hydrogens (tertiary/aromatic N) is 2. The molecular formula is C11H15N3O. The Labute approximate surface area is 89.3 Å². The molecule has 15 heavy (non-hydrogen) atoms. The summed E-state index contributed by atoms with van der Waals surface area (Å²) >= 11 is 0. The van der Waals surface area contributed by atoms with Crippen molar-refractivity contribution in [3.8, 4) is 0 Å². The van der Waals surface area contributed by atoms with Gasteiger partial charge in [0.1, 0.15) is 11.9 Å². The zero-order valence-electron chi connectivity index (χ0n) is 8.81. The highest BCUT2D eigenvalue weighted by Crippen LogP contribution is 2.23. The van der Waals surface area contributed by atoms with Crippen molar-refractivity contribution in [3.63, 3.8) is 0 Å². The third kappa shape index (κ3) is 1.93. The lowest BCUT2D eigenvalue weighted by Crippen LogP contribution is -2.42. The molecule has 0 radical (unpaired) electrons. The molecule has 1 N–H and O–H groups in total. The summed E-state index contributed by atoms with van der Waals surface area (Å²) in [4.78, 5) is 18.0. The number of carbonyl (C=O) groups excluding carboxylic acids is 1. The topological polar surface area (TPSA) is 45.2 Å². The van der Waals surface area contributed by atoms with Crippen LogP contribution in [0.4, 0.5) is 5.82 Å². The number of likely N-dealkylation sites (N-methyl/N-ethyl adjacent to an activating group) is 1. The zero-order valence-corrected chi connectivity index (χ0v) is 8.81. The molecule has 0 spiro atoms. The molecule has 4 nitrogen and oxygen atoms in total. The van der Waals surface area contributed by atoms with Gasteiger partial charge in [-0.25, -0.2) is 4.98 Å². The normalized spacial score (nSPS) is 20.3. The molecule has 1 aromatic heterocycles. The number of aromatic nitrogens is 1. The van der Waals surface area contributed by atoms with Crippen LogP contribution in [0, 0.1) is 0 Å². The molecule has 1 aromatic rings. The molecule has 0 aromatic carbocycles. The predicted octanol–water partition coefficient (Wildman–Crippen LogP) is 0.796. The van der Waals surface area contributed by atoms with Gasteiger partial charge < -0.3 is 10.2 Å². The quantitative estimate of drug-likeness (QED) is 0.776. The second-order valence-electron chi connectivity index (χ2n) is 3.65. The minimum atomic E-state index is -0.0510. The van der Waals surface area contributed by atoms with E-state index in [1.165, 1.54) is 0 Å². The standard InChI is InChI=1S/C11H15N3O/c1-12-11(15)9-5-4-8-14(9)10-6-2-3-7-13-10/h2-3,6-7,9H,4-5,8H2,1H3,(H,12,15). The van der Waals surface area contributed by atoms with Crippen molar-refractivity contribution in [2.24, 2.45) is 0 Å². The second kappa shape index (κ2) is 4.29. The van der Waals surface area contributed by atoms with Crippen LogP contribution < -0.4 is 10.2 Å². The summed E-state index contributed by atoms with van der Waals surface area (Å²) < 4.78 is 0. The van der Waals surface area contributed by atoms with E-state index >= 15 is 0 Å². The van der Waals surface area contributed by atoms with E-state index in [2.05, 4.69) is 15.2 Å². The molecule has 1 saturated heterocycles. The van der Waals surface area contributed by atoms with Gasteiger partial charge >= 0.3 is 0 Å². The number of anilines is 1. The van der Waals surface area contributed by atoms with Crippen molar-refractivity contribution >= 4 is 11.7 Å². The number of pyridine rings is 1. The second-order valence-corrected chi connectivity index (χ2v) is 3.65. The molecule has 2 heterocycles. The first-order chi connectivity index (χ1) is 7.33. The Balaban J connectivity index is 2.18. The summed E-state index contributed by atoms with van der Waals surface area (Å²) in [6.07, 6.45) is 3.72. The van der Waals surface area contributed by atoms with E-state index < -0.39 is 0 Å². The van der Waals surface area contributed by atoms with Crippen LogP contribution in [0.2, 0.25) is 0 Å². The molecular weight excluding hydrogens is 190 g/mol. The van der Waals surface area contributed by atoms with Gasteiger partial charge in [-0.1, -0.05) is 6.07 Å². The van der Waals surface area contributed by atoms with Gasteiger partial charge in [0.2, 0.25) is 5.91 Å². The van der Waals surface area contributed by atoms with Gasteiger partial charge in [-0.05, 0) is 25.0 Å². The van der Waals surface area contributed by atoms with E-state index in [4.69, 9.17) is 0 Å². The fraction of sp³-hybridized carbons (Fsp3) is 0.455. The molecule has 0 bridgehead atoms. The molecule has 80 valence electrons. The predicted molar refractivity (Wildman–Crippen MR) is 58.7 cm³/mol. The molecule has 1 aliphatic rings. The average Bonchev–Trinajstić information content (AvgIpc) is 2.78. The van der Waals surface area contributed by atoms with Crippen LogP contribution in [-0.4, -0.2) is 30.5 Å².